The molecule has 16 heavy (non-hydrogen) atoms. The summed E-state index contributed by atoms with van der Waals surface area (Å²) in [5.74, 6) is -0.616. The molecule has 0 fully saturated rings. The summed E-state index contributed by atoms with van der Waals surface area (Å²) in [6.07, 6.45) is 10.8. The SMILES string of the molecule is CC(=O)OC=CC=CC=CCCOC(C)=O. The molecule has 0 saturated carbocycles. The summed E-state index contributed by atoms with van der Waals surface area (Å²) in [6, 6.07) is 0. The normalized spacial score (nSPS) is 11.4. The number of hydrogen-bond donors (Lipinski definition) is 0. The monoisotopic (exact) mass is 224 g/mol. The van der Waals surface area contributed by atoms with Crippen LogP contribution in [0.4, 0.5) is 0 Å². The lowest BCUT2D eigenvalue weighted by Gasteiger charge is -1.95. The number of esters is 2. The van der Waals surface area contributed by atoms with Crippen LogP contribution in [0.5, 0.6) is 0 Å². The Hall–Kier alpha value is -1.84. The smallest absolute Gasteiger partial charge is 0.307 e. The average molecular weight is 224 g/mol. The quantitative estimate of drug-likeness (QED) is 0.300. The molecule has 0 spiro atoms. The maximum absolute atomic E-state index is 10.4. The molecule has 88 valence electrons. The van der Waals surface area contributed by atoms with Gasteiger partial charge in [0.1, 0.15) is 0 Å². The first-order valence-corrected chi connectivity index (χ1v) is 4.92. The van der Waals surface area contributed by atoms with Gasteiger partial charge in [-0.1, -0.05) is 24.3 Å². The highest BCUT2D eigenvalue weighted by Crippen LogP contribution is 1.88. The molecular formula is C12H16O4. The minimum Gasteiger partial charge on any atom is -0.466 e. The third-order valence-electron chi connectivity index (χ3n) is 1.37. The van der Waals surface area contributed by atoms with Crippen LogP contribution in [0.15, 0.2) is 36.6 Å². The maximum atomic E-state index is 10.4. The van der Waals surface area contributed by atoms with E-state index in [1.807, 2.05) is 12.2 Å². The van der Waals surface area contributed by atoms with Gasteiger partial charge in [-0.3, -0.25) is 9.59 Å². The minimum atomic E-state index is -0.346. The van der Waals surface area contributed by atoms with Gasteiger partial charge in [0.15, 0.2) is 0 Å². The summed E-state index contributed by atoms with van der Waals surface area (Å²) < 4.78 is 9.29. The Kier molecular flexibility index (Phi) is 8.59. The van der Waals surface area contributed by atoms with Gasteiger partial charge in [0.05, 0.1) is 12.9 Å². The number of rotatable bonds is 6. The molecule has 0 aliphatic rings. The zero-order valence-electron chi connectivity index (χ0n) is 9.51. The van der Waals surface area contributed by atoms with E-state index in [-0.39, 0.29) is 11.9 Å². The zero-order chi connectivity index (χ0) is 12.2. The molecule has 0 atom stereocenters. The zero-order valence-corrected chi connectivity index (χ0v) is 9.51. The van der Waals surface area contributed by atoms with Gasteiger partial charge in [0.2, 0.25) is 0 Å². The van der Waals surface area contributed by atoms with Crippen LogP contribution in [0.25, 0.3) is 0 Å². The van der Waals surface area contributed by atoms with Crippen LogP contribution in [-0.4, -0.2) is 18.5 Å². The average Bonchev–Trinajstić information content (AvgIpc) is 2.20. The van der Waals surface area contributed by atoms with Crippen molar-refractivity contribution in [3.63, 3.8) is 0 Å². The summed E-state index contributed by atoms with van der Waals surface area (Å²) in [7, 11) is 0. The number of carbonyl (C=O) groups is 2. The van der Waals surface area contributed by atoms with E-state index in [1.165, 1.54) is 20.1 Å². The van der Waals surface area contributed by atoms with E-state index in [4.69, 9.17) is 4.74 Å². The lowest BCUT2D eigenvalue weighted by atomic mass is 10.3. The van der Waals surface area contributed by atoms with Crippen molar-refractivity contribution in [3.05, 3.63) is 36.6 Å². The van der Waals surface area contributed by atoms with E-state index in [9.17, 15) is 9.59 Å². The van der Waals surface area contributed by atoms with Gasteiger partial charge < -0.3 is 9.47 Å². The third-order valence-corrected chi connectivity index (χ3v) is 1.37. The summed E-state index contributed by atoms with van der Waals surface area (Å²) in [5.41, 5.74) is 0. The Balaban J connectivity index is 3.51. The molecule has 0 saturated heterocycles. The molecule has 0 aromatic rings. The van der Waals surface area contributed by atoms with Crippen molar-refractivity contribution >= 4 is 11.9 Å². The lowest BCUT2D eigenvalue weighted by Crippen LogP contribution is -1.98. The summed E-state index contributed by atoms with van der Waals surface area (Å²) in [5, 5.41) is 0. The number of allylic oxidation sites excluding steroid dienone is 4. The molecule has 0 aromatic carbocycles. The summed E-state index contributed by atoms with van der Waals surface area (Å²) >= 11 is 0. The van der Waals surface area contributed by atoms with Crippen LogP contribution in [0, 0.1) is 0 Å². The molecule has 0 amide bonds. The van der Waals surface area contributed by atoms with Gasteiger partial charge in [0.25, 0.3) is 0 Å². The Bertz CT molecular complexity index is 300. The molecule has 4 nitrogen and oxygen atoms in total. The van der Waals surface area contributed by atoms with Crippen molar-refractivity contribution in [2.75, 3.05) is 6.61 Å². The van der Waals surface area contributed by atoms with Crippen molar-refractivity contribution in [2.24, 2.45) is 0 Å². The van der Waals surface area contributed by atoms with Crippen molar-refractivity contribution < 1.29 is 19.1 Å². The van der Waals surface area contributed by atoms with E-state index < -0.39 is 0 Å². The predicted octanol–water partition coefficient (Wildman–Crippen LogP) is 2.13. The molecule has 0 heterocycles. The second-order valence-corrected chi connectivity index (χ2v) is 2.88. The fraction of sp³-hybridized carbons (Fsp3) is 0.333. The van der Waals surface area contributed by atoms with E-state index >= 15 is 0 Å². The highest BCUT2D eigenvalue weighted by atomic mass is 16.5. The summed E-state index contributed by atoms with van der Waals surface area (Å²) in [6.45, 7) is 3.11. The second kappa shape index (κ2) is 9.71. The largest absolute Gasteiger partial charge is 0.466 e. The van der Waals surface area contributed by atoms with Crippen LogP contribution < -0.4 is 0 Å². The first-order chi connectivity index (χ1) is 7.63. The van der Waals surface area contributed by atoms with Crippen molar-refractivity contribution in [1.29, 1.82) is 0 Å². The van der Waals surface area contributed by atoms with E-state index in [1.54, 1.807) is 18.2 Å². The van der Waals surface area contributed by atoms with Crippen molar-refractivity contribution in [3.8, 4) is 0 Å². The van der Waals surface area contributed by atoms with Crippen LogP contribution in [0.3, 0.4) is 0 Å². The Labute approximate surface area is 95.2 Å². The van der Waals surface area contributed by atoms with E-state index in [0.29, 0.717) is 13.0 Å². The number of ether oxygens (including phenoxy) is 2. The molecule has 0 bridgehead atoms. The van der Waals surface area contributed by atoms with E-state index in [2.05, 4.69) is 4.74 Å². The standard InChI is InChI=1S/C12H16O4/c1-11(13)15-9-7-5-3-4-6-8-10-16-12(2)14/h3-7,9H,8,10H2,1-2H3. The van der Waals surface area contributed by atoms with Gasteiger partial charge >= 0.3 is 11.9 Å². The van der Waals surface area contributed by atoms with Crippen LogP contribution >= 0.6 is 0 Å². The molecule has 0 aromatic heterocycles. The minimum absolute atomic E-state index is 0.270. The molecule has 0 unspecified atom stereocenters. The molecule has 0 radical (unpaired) electrons. The molecule has 0 aliphatic carbocycles. The molecule has 0 rings (SSSR count). The summed E-state index contributed by atoms with van der Waals surface area (Å²) in [4.78, 5) is 20.7. The molecule has 0 aliphatic heterocycles. The number of carbonyl (C=O) groups excluding carboxylic acids is 2. The van der Waals surface area contributed by atoms with Crippen molar-refractivity contribution in [1.82, 2.24) is 0 Å². The lowest BCUT2D eigenvalue weighted by molar-refractivity contribution is -0.140. The molecular weight excluding hydrogens is 208 g/mol. The van der Waals surface area contributed by atoms with Gasteiger partial charge in [-0.05, 0) is 12.5 Å². The fourth-order valence-corrected chi connectivity index (χ4v) is 0.754. The topological polar surface area (TPSA) is 52.6 Å². The van der Waals surface area contributed by atoms with Crippen LogP contribution in [-0.2, 0) is 19.1 Å². The number of hydrogen-bond acceptors (Lipinski definition) is 4. The van der Waals surface area contributed by atoms with E-state index in [0.717, 1.165) is 0 Å². The van der Waals surface area contributed by atoms with Gasteiger partial charge in [-0.25, -0.2) is 0 Å². The highest BCUT2D eigenvalue weighted by molar-refractivity contribution is 5.66. The second-order valence-electron chi connectivity index (χ2n) is 2.88. The Morgan fingerprint density at radius 2 is 1.69 bits per heavy atom. The van der Waals surface area contributed by atoms with Gasteiger partial charge in [-0.2, -0.15) is 0 Å². The van der Waals surface area contributed by atoms with Crippen LogP contribution in [0.1, 0.15) is 20.3 Å². The highest BCUT2D eigenvalue weighted by Gasteiger charge is 1.87. The Morgan fingerprint density at radius 1 is 1.00 bits per heavy atom. The maximum Gasteiger partial charge on any atom is 0.307 e. The molecule has 0 N–H and O–H groups in total. The fourth-order valence-electron chi connectivity index (χ4n) is 0.754. The van der Waals surface area contributed by atoms with Gasteiger partial charge in [0, 0.05) is 13.8 Å². The van der Waals surface area contributed by atoms with Gasteiger partial charge in [-0.15, -0.1) is 0 Å². The first-order valence-electron chi connectivity index (χ1n) is 4.92. The third kappa shape index (κ3) is 12.2. The first kappa shape index (κ1) is 14.2. The molecule has 4 heteroatoms. The Morgan fingerprint density at radius 3 is 2.31 bits per heavy atom. The predicted molar refractivity (Wildman–Crippen MR) is 60.4 cm³/mol. The van der Waals surface area contributed by atoms with Crippen LogP contribution in [0.2, 0.25) is 0 Å². The van der Waals surface area contributed by atoms with Crippen molar-refractivity contribution in [2.45, 2.75) is 20.3 Å².